The number of carbonyl (C=O) groups excluding carboxylic acids is 1. The molecule has 1 aliphatic rings. The number of rotatable bonds is 6. The Labute approximate surface area is 183 Å². The monoisotopic (exact) mass is 443 g/mol. The Hall–Kier alpha value is -3.03. The zero-order chi connectivity index (χ0) is 22.3. The summed E-state index contributed by atoms with van der Waals surface area (Å²) in [5.74, 6) is -0.226. The number of hydrogen-bond acceptors (Lipinski definition) is 6. The topological polar surface area (TPSA) is 100 Å². The van der Waals surface area contributed by atoms with Crippen molar-refractivity contribution in [3.8, 4) is 11.5 Å². The quantitative estimate of drug-likeness (QED) is 0.601. The first-order valence-corrected chi connectivity index (χ1v) is 10.4. The van der Waals surface area contributed by atoms with E-state index in [9.17, 15) is 19.8 Å². The largest absolute Gasteiger partial charge is 0.504 e. The summed E-state index contributed by atoms with van der Waals surface area (Å²) >= 11 is 6.23. The number of halogens is 1. The van der Waals surface area contributed by atoms with Gasteiger partial charge in [-0.05, 0) is 55.7 Å². The molecule has 1 amide bonds. The smallest absolute Gasteiger partial charge is 0.290 e. The Morgan fingerprint density at radius 2 is 2.00 bits per heavy atom. The minimum Gasteiger partial charge on any atom is -0.504 e. The SMILES string of the molecule is CCOc1cc([C@H]2c3c(oc4cc(C)c(Cl)cc4c3=O)C(=O)N2CCCO)ccc1O. The molecule has 7 nitrogen and oxygen atoms in total. The Balaban J connectivity index is 1.97. The van der Waals surface area contributed by atoms with E-state index in [0.717, 1.165) is 5.56 Å². The number of amides is 1. The van der Waals surface area contributed by atoms with Crippen LogP contribution in [0.25, 0.3) is 11.0 Å². The summed E-state index contributed by atoms with van der Waals surface area (Å²) < 4.78 is 11.4. The van der Waals surface area contributed by atoms with Crippen molar-refractivity contribution in [1.29, 1.82) is 0 Å². The number of aliphatic hydroxyl groups is 1. The summed E-state index contributed by atoms with van der Waals surface area (Å²) in [4.78, 5) is 28.2. The zero-order valence-corrected chi connectivity index (χ0v) is 17.9. The van der Waals surface area contributed by atoms with Crippen LogP contribution in [0.15, 0.2) is 39.5 Å². The number of carbonyl (C=O) groups is 1. The second-order valence-electron chi connectivity index (χ2n) is 7.41. The average molecular weight is 444 g/mol. The molecule has 31 heavy (non-hydrogen) atoms. The van der Waals surface area contributed by atoms with Gasteiger partial charge in [-0.25, -0.2) is 0 Å². The molecule has 0 fully saturated rings. The third-order valence-corrected chi connectivity index (χ3v) is 5.81. The summed E-state index contributed by atoms with van der Waals surface area (Å²) in [6.07, 6.45) is 0.339. The van der Waals surface area contributed by atoms with Crippen LogP contribution in [0.1, 0.15) is 46.6 Å². The Kier molecular flexibility index (Phi) is 5.64. The maximum Gasteiger partial charge on any atom is 0.290 e. The molecule has 162 valence electrons. The van der Waals surface area contributed by atoms with E-state index in [1.54, 1.807) is 38.1 Å². The fourth-order valence-corrected chi connectivity index (χ4v) is 4.09. The first-order valence-electron chi connectivity index (χ1n) is 10.0. The van der Waals surface area contributed by atoms with Crippen LogP contribution in [0, 0.1) is 6.92 Å². The second-order valence-corrected chi connectivity index (χ2v) is 7.82. The number of phenols is 1. The van der Waals surface area contributed by atoms with E-state index >= 15 is 0 Å². The van der Waals surface area contributed by atoms with Gasteiger partial charge >= 0.3 is 0 Å². The highest BCUT2D eigenvalue weighted by atomic mass is 35.5. The van der Waals surface area contributed by atoms with Crippen molar-refractivity contribution < 1.29 is 24.2 Å². The van der Waals surface area contributed by atoms with Crippen LogP contribution in [-0.4, -0.2) is 40.8 Å². The molecule has 0 aliphatic carbocycles. The molecule has 0 saturated carbocycles. The lowest BCUT2D eigenvalue weighted by molar-refractivity contribution is 0.0716. The van der Waals surface area contributed by atoms with E-state index in [2.05, 4.69) is 0 Å². The van der Waals surface area contributed by atoms with Gasteiger partial charge in [0, 0.05) is 18.2 Å². The fraction of sp³-hybridized carbons (Fsp3) is 0.304. The van der Waals surface area contributed by atoms with Crippen molar-refractivity contribution in [1.82, 2.24) is 4.90 Å². The summed E-state index contributed by atoms with van der Waals surface area (Å²) in [6.45, 7) is 4.05. The summed E-state index contributed by atoms with van der Waals surface area (Å²) in [6, 6.07) is 7.18. The molecule has 3 aromatic rings. The van der Waals surface area contributed by atoms with E-state index in [4.69, 9.17) is 20.8 Å². The van der Waals surface area contributed by atoms with Crippen molar-refractivity contribution in [2.24, 2.45) is 0 Å². The number of fused-ring (bicyclic) bond motifs is 2. The maximum absolute atomic E-state index is 13.5. The average Bonchev–Trinajstić information content (AvgIpc) is 3.02. The number of aliphatic hydroxyl groups excluding tert-OH is 1. The molecule has 2 heterocycles. The number of phenolic OH excluding ortho intramolecular Hbond substituents is 1. The molecule has 2 N–H and O–H groups in total. The lowest BCUT2D eigenvalue weighted by Crippen LogP contribution is -2.31. The minimum absolute atomic E-state index is 0.0202. The van der Waals surface area contributed by atoms with E-state index in [-0.39, 0.29) is 41.4 Å². The van der Waals surface area contributed by atoms with Gasteiger partial charge in [-0.1, -0.05) is 17.7 Å². The van der Waals surface area contributed by atoms with Gasteiger partial charge in [0.25, 0.3) is 5.91 Å². The summed E-state index contributed by atoms with van der Waals surface area (Å²) in [5, 5.41) is 20.1. The molecule has 1 aromatic heterocycles. The van der Waals surface area contributed by atoms with Crippen LogP contribution in [0.5, 0.6) is 11.5 Å². The maximum atomic E-state index is 13.5. The number of ether oxygens (including phenoxy) is 1. The molecule has 0 spiro atoms. The highest BCUT2D eigenvalue weighted by Gasteiger charge is 2.42. The van der Waals surface area contributed by atoms with Gasteiger partial charge in [-0.2, -0.15) is 0 Å². The van der Waals surface area contributed by atoms with Gasteiger partial charge in [0.2, 0.25) is 5.76 Å². The van der Waals surface area contributed by atoms with Crippen molar-refractivity contribution in [2.45, 2.75) is 26.3 Å². The predicted molar refractivity (Wildman–Crippen MR) is 116 cm³/mol. The lowest BCUT2D eigenvalue weighted by atomic mass is 9.97. The van der Waals surface area contributed by atoms with Crippen LogP contribution in [-0.2, 0) is 0 Å². The van der Waals surface area contributed by atoms with Crippen molar-refractivity contribution in [3.05, 3.63) is 68.0 Å². The number of benzene rings is 2. The standard InChI is InChI=1S/C23H22ClNO6/c1-3-30-18-10-13(5-6-16(18)27)20-19-21(28)14-11-15(24)12(2)9-17(14)31-22(19)23(29)25(20)7-4-8-26/h5-6,9-11,20,26-27H,3-4,7-8H2,1-2H3/t20-/m0/s1. The van der Waals surface area contributed by atoms with Crippen LogP contribution < -0.4 is 10.2 Å². The van der Waals surface area contributed by atoms with Gasteiger partial charge in [0.1, 0.15) is 5.58 Å². The van der Waals surface area contributed by atoms with Gasteiger partial charge in [0.15, 0.2) is 16.9 Å². The number of aromatic hydroxyl groups is 1. The van der Waals surface area contributed by atoms with Crippen LogP contribution in [0.3, 0.4) is 0 Å². The second kappa shape index (κ2) is 8.24. The number of nitrogens with zero attached hydrogens (tertiary/aromatic N) is 1. The molecule has 1 aliphatic heterocycles. The van der Waals surface area contributed by atoms with Crippen LogP contribution in [0.4, 0.5) is 0 Å². The van der Waals surface area contributed by atoms with Crippen molar-refractivity contribution in [3.63, 3.8) is 0 Å². The van der Waals surface area contributed by atoms with Crippen LogP contribution in [0.2, 0.25) is 5.02 Å². The van der Waals surface area contributed by atoms with E-state index < -0.39 is 11.9 Å². The third-order valence-electron chi connectivity index (χ3n) is 5.40. The molecular formula is C23H22ClNO6. The Bertz CT molecular complexity index is 1230. The molecule has 8 heteroatoms. The predicted octanol–water partition coefficient (Wildman–Crippen LogP) is 3.79. The molecule has 2 aromatic carbocycles. The van der Waals surface area contributed by atoms with Crippen LogP contribution >= 0.6 is 11.6 Å². The van der Waals surface area contributed by atoms with E-state index in [1.807, 2.05) is 0 Å². The molecule has 1 atom stereocenters. The number of hydrogen-bond donors (Lipinski definition) is 2. The van der Waals surface area contributed by atoms with E-state index in [1.165, 1.54) is 11.0 Å². The van der Waals surface area contributed by atoms with Gasteiger partial charge < -0.3 is 24.3 Å². The lowest BCUT2D eigenvalue weighted by Gasteiger charge is -2.25. The number of aryl methyl sites for hydroxylation is 1. The summed E-state index contributed by atoms with van der Waals surface area (Å²) in [7, 11) is 0. The molecule has 0 radical (unpaired) electrons. The minimum atomic E-state index is -0.741. The third kappa shape index (κ3) is 3.54. The molecular weight excluding hydrogens is 422 g/mol. The zero-order valence-electron chi connectivity index (χ0n) is 17.1. The van der Waals surface area contributed by atoms with E-state index in [0.29, 0.717) is 34.6 Å². The summed E-state index contributed by atoms with van der Waals surface area (Å²) in [5.41, 5.74) is 1.49. The molecule has 0 unspecified atom stereocenters. The Morgan fingerprint density at radius 3 is 2.71 bits per heavy atom. The molecule has 0 bridgehead atoms. The van der Waals surface area contributed by atoms with Crippen molar-refractivity contribution >= 4 is 28.5 Å². The molecule has 0 saturated heterocycles. The normalized spacial score (nSPS) is 15.5. The van der Waals surface area contributed by atoms with Gasteiger partial charge in [-0.15, -0.1) is 0 Å². The highest BCUT2D eigenvalue weighted by Crippen LogP contribution is 2.41. The first kappa shape index (κ1) is 21.2. The Morgan fingerprint density at radius 1 is 1.23 bits per heavy atom. The fourth-order valence-electron chi connectivity index (χ4n) is 3.93. The molecule has 4 rings (SSSR count). The van der Waals surface area contributed by atoms with Gasteiger partial charge in [0.05, 0.1) is 23.6 Å². The van der Waals surface area contributed by atoms with Crippen molar-refractivity contribution in [2.75, 3.05) is 19.8 Å². The highest BCUT2D eigenvalue weighted by molar-refractivity contribution is 6.32. The first-order chi connectivity index (χ1) is 14.9. The van der Waals surface area contributed by atoms with Gasteiger partial charge in [-0.3, -0.25) is 9.59 Å².